The van der Waals surface area contributed by atoms with Gasteiger partial charge < -0.3 is 19.7 Å². The third-order valence-corrected chi connectivity index (χ3v) is 2.84. The van der Waals surface area contributed by atoms with Crippen LogP contribution in [0.2, 0.25) is 0 Å². The van der Waals surface area contributed by atoms with E-state index in [-0.39, 0.29) is 17.6 Å². The molecule has 0 saturated heterocycles. The van der Waals surface area contributed by atoms with Gasteiger partial charge in [0.15, 0.2) is 0 Å². The first-order valence-electron chi connectivity index (χ1n) is 5.03. The molecule has 0 saturated carbocycles. The third kappa shape index (κ3) is 5.24. The van der Waals surface area contributed by atoms with E-state index in [1.54, 1.807) is 0 Å². The number of rotatable bonds is 7. The van der Waals surface area contributed by atoms with Crippen LogP contribution in [0.5, 0.6) is 5.88 Å². The lowest BCUT2D eigenvalue weighted by Crippen LogP contribution is -2.21. The molecule has 0 fully saturated rings. The van der Waals surface area contributed by atoms with Crippen LogP contribution in [-0.2, 0) is 9.36 Å². The molecule has 1 heterocycles. The molecule has 18 heavy (non-hydrogen) atoms. The van der Waals surface area contributed by atoms with Crippen LogP contribution in [-0.4, -0.2) is 32.4 Å². The van der Waals surface area contributed by atoms with Crippen molar-refractivity contribution in [3.8, 4) is 5.88 Å². The molecule has 1 rings (SSSR count). The molecule has 0 aliphatic heterocycles. The molecular weight excluding hydrogens is 263 g/mol. The zero-order valence-corrected chi connectivity index (χ0v) is 10.2. The van der Waals surface area contributed by atoms with Gasteiger partial charge in [0.25, 0.3) is 0 Å². The van der Waals surface area contributed by atoms with Gasteiger partial charge in [0, 0.05) is 25.2 Å². The number of hydrogen-bond donors (Lipinski definition) is 4. The number of hydroxylamine groups is 1. The van der Waals surface area contributed by atoms with Crippen LogP contribution < -0.4 is 15.6 Å². The molecule has 0 amide bonds. The monoisotopic (exact) mass is 276 g/mol. The van der Waals surface area contributed by atoms with Crippen LogP contribution in [0.15, 0.2) is 18.3 Å². The molecule has 0 aromatic carbocycles. The van der Waals surface area contributed by atoms with Crippen molar-refractivity contribution in [3.05, 3.63) is 18.3 Å². The van der Waals surface area contributed by atoms with Gasteiger partial charge in [0.2, 0.25) is 5.88 Å². The number of aliphatic carboxylic acids is 1. The number of carbonyl (C=O) groups is 1. The Morgan fingerprint density at radius 2 is 2.17 bits per heavy atom. The molecule has 0 spiro atoms. The van der Waals surface area contributed by atoms with Crippen LogP contribution in [0.25, 0.3) is 0 Å². The highest BCUT2D eigenvalue weighted by Crippen LogP contribution is 2.32. The van der Waals surface area contributed by atoms with Crippen molar-refractivity contribution < 1.29 is 29.1 Å². The second kappa shape index (κ2) is 6.46. The minimum Gasteiger partial charge on any atom is -0.481 e. The second-order valence-electron chi connectivity index (χ2n) is 3.39. The zero-order valence-electron chi connectivity index (χ0n) is 9.31. The molecule has 0 aliphatic rings. The molecule has 1 aromatic rings. The van der Waals surface area contributed by atoms with Crippen molar-refractivity contribution in [3.63, 3.8) is 0 Å². The summed E-state index contributed by atoms with van der Waals surface area (Å²) in [6.07, 6.45) is 1.45. The van der Waals surface area contributed by atoms with Crippen molar-refractivity contribution in [1.29, 1.82) is 0 Å². The Kier molecular flexibility index (Phi) is 5.24. The van der Waals surface area contributed by atoms with Crippen molar-refractivity contribution in [2.45, 2.75) is 12.8 Å². The lowest BCUT2D eigenvalue weighted by atomic mass is 10.3. The fraction of sp³-hybridized carbons (Fsp3) is 0.333. The number of nitrogens with zero attached hydrogens (tertiary/aromatic N) is 1. The van der Waals surface area contributed by atoms with Crippen LogP contribution >= 0.6 is 7.60 Å². The average molecular weight is 276 g/mol. The molecule has 0 atom stereocenters. The summed E-state index contributed by atoms with van der Waals surface area (Å²) >= 11 is 0. The minimum absolute atomic E-state index is 0.0287. The topological polar surface area (TPSA) is 129 Å². The lowest BCUT2D eigenvalue weighted by Gasteiger charge is -2.07. The van der Waals surface area contributed by atoms with E-state index in [0.717, 1.165) is 6.20 Å². The van der Waals surface area contributed by atoms with Crippen LogP contribution in [0.4, 0.5) is 0 Å². The first-order chi connectivity index (χ1) is 8.39. The van der Waals surface area contributed by atoms with Crippen molar-refractivity contribution in [2.75, 3.05) is 6.54 Å². The summed E-state index contributed by atoms with van der Waals surface area (Å²) in [4.78, 5) is 36.5. The summed E-state index contributed by atoms with van der Waals surface area (Å²) in [6, 6.07) is 2.51. The van der Waals surface area contributed by atoms with Gasteiger partial charge in [0.05, 0.1) is 5.30 Å². The quantitative estimate of drug-likeness (QED) is 0.301. The van der Waals surface area contributed by atoms with Gasteiger partial charge in [-0.15, -0.1) is 0 Å². The largest absolute Gasteiger partial charge is 0.481 e. The summed E-state index contributed by atoms with van der Waals surface area (Å²) < 4.78 is 10.8. The van der Waals surface area contributed by atoms with Crippen LogP contribution in [0.1, 0.15) is 12.8 Å². The lowest BCUT2D eigenvalue weighted by molar-refractivity contribution is -0.137. The van der Waals surface area contributed by atoms with E-state index in [1.165, 1.54) is 12.1 Å². The molecule has 1 aromatic heterocycles. The molecular formula is C9H13N2O6P. The van der Waals surface area contributed by atoms with Crippen molar-refractivity contribution in [1.82, 2.24) is 10.5 Å². The van der Waals surface area contributed by atoms with E-state index in [9.17, 15) is 9.36 Å². The number of carboxylic acids is 1. The Morgan fingerprint density at radius 3 is 2.67 bits per heavy atom. The fourth-order valence-electron chi connectivity index (χ4n) is 1.04. The van der Waals surface area contributed by atoms with Gasteiger partial charge in [-0.3, -0.25) is 9.36 Å². The van der Waals surface area contributed by atoms with E-state index in [2.05, 4.69) is 10.5 Å². The van der Waals surface area contributed by atoms with Gasteiger partial charge in [-0.2, -0.15) is 5.48 Å². The highest BCUT2D eigenvalue weighted by atomic mass is 31.2. The summed E-state index contributed by atoms with van der Waals surface area (Å²) in [6.45, 7) is 0.328. The van der Waals surface area contributed by atoms with Gasteiger partial charge in [-0.05, 0) is 12.5 Å². The van der Waals surface area contributed by atoms with Gasteiger partial charge >= 0.3 is 13.6 Å². The maximum absolute atomic E-state index is 10.8. The predicted octanol–water partition coefficient (Wildman–Crippen LogP) is -0.367. The fourth-order valence-corrected chi connectivity index (χ4v) is 1.52. The van der Waals surface area contributed by atoms with Crippen molar-refractivity contribution in [2.24, 2.45) is 0 Å². The first-order valence-corrected chi connectivity index (χ1v) is 6.64. The molecule has 0 unspecified atom stereocenters. The molecule has 4 N–H and O–H groups in total. The molecule has 0 aliphatic carbocycles. The van der Waals surface area contributed by atoms with E-state index in [0.29, 0.717) is 13.0 Å². The maximum atomic E-state index is 10.8. The van der Waals surface area contributed by atoms with E-state index >= 15 is 0 Å². The number of hydrogen-bond acceptors (Lipinski definition) is 5. The third-order valence-electron chi connectivity index (χ3n) is 1.90. The molecule has 8 nitrogen and oxygen atoms in total. The number of aromatic nitrogens is 1. The average Bonchev–Trinajstić information content (AvgIpc) is 2.27. The van der Waals surface area contributed by atoms with Gasteiger partial charge in [-0.25, -0.2) is 4.98 Å². The van der Waals surface area contributed by atoms with Crippen molar-refractivity contribution >= 4 is 18.9 Å². The smallest absolute Gasteiger partial charge is 0.357 e. The molecule has 9 heteroatoms. The Labute approximate surface area is 103 Å². The summed E-state index contributed by atoms with van der Waals surface area (Å²) in [5, 5.41) is 8.19. The van der Waals surface area contributed by atoms with Crippen LogP contribution in [0.3, 0.4) is 0 Å². The zero-order chi connectivity index (χ0) is 13.6. The Bertz CT molecular complexity index is 443. The molecule has 0 radical (unpaired) electrons. The second-order valence-corrected chi connectivity index (χ2v) is 5.00. The SMILES string of the molecule is O=C(O)CCCNOc1ccc(P(=O)(O)O)cn1. The summed E-state index contributed by atoms with van der Waals surface area (Å²) in [7, 11) is -4.29. The van der Waals surface area contributed by atoms with E-state index in [4.69, 9.17) is 19.7 Å². The summed E-state index contributed by atoms with van der Waals surface area (Å²) in [5.74, 6) is -0.747. The van der Waals surface area contributed by atoms with E-state index in [1.807, 2.05) is 0 Å². The standard InChI is InChI=1S/C9H13N2O6P/c12-9(13)2-1-5-11-17-8-4-3-7(6-10-8)18(14,15)16/h3-4,6,11H,1-2,5H2,(H,12,13)(H2,14,15,16). The number of nitrogens with one attached hydrogen (secondary N) is 1. The van der Waals surface area contributed by atoms with Gasteiger partial charge in [0.1, 0.15) is 0 Å². The van der Waals surface area contributed by atoms with Crippen LogP contribution in [0, 0.1) is 0 Å². The highest BCUT2D eigenvalue weighted by Gasteiger charge is 2.17. The summed E-state index contributed by atoms with van der Waals surface area (Å²) in [5.41, 5.74) is 2.50. The molecule has 0 bridgehead atoms. The first kappa shape index (κ1) is 14.6. The predicted molar refractivity (Wildman–Crippen MR) is 61.4 cm³/mol. The Balaban J connectivity index is 2.36. The Hall–Kier alpha value is -1.47. The maximum Gasteiger partial charge on any atom is 0.357 e. The minimum atomic E-state index is -4.29. The molecule has 100 valence electrons. The highest BCUT2D eigenvalue weighted by molar-refractivity contribution is 7.60. The number of carboxylic acid groups (broad SMARTS) is 1. The normalized spacial score (nSPS) is 11.2. The number of pyridine rings is 1. The Morgan fingerprint density at radius 1 is 1.44 bits per heavy atom. The van der Waals surface area contributed by atoms with E-state index < -0.39 is 13.6 Å². The van der Waals surface area contributed by atoms with Gasteiger partial charge in [-0.1, -0.05) is 0 Å².